The Morgan fingerprint density at radius 1 is 1.44 bits per heavy atom. The van der Waals surface area contributed by atoms with E-state index in [-0.39, 0.29) is 17.9 Å². The third-order valence-corrected chi connectivity index (χ3v) is 2.56. The average Bonchev–Trinajstić information content (AvgIpc) is 2.21. The first-order valence-corrected chi connectivity index (χ1v) is 5.06. The predicted octanol–water partition coefficient (Wildman–Crippen LogP) is 3.13. The zero-order valence-corrected chi connectivity index (χ0v) is 9.92. The minimum Gasteiger partial charge on any atom is -0.493 e. The normalized spacial score (nSPS) is 10.0. The van der Waals surface area contributed by atoms with Gasteiger partial charge >= 0.3 is 6.61 Å². The van der Waals surface area contributed by atoms with E-state index in [9.17, 15) is 8.78 Å². The summed E-state index contributed by atoms with van der Waals surface area (Å²) in [5, 5.41) is 8.56. The number of halogens is 3. The summed E-state index contributed by atoms with van der Waals surface area (Å²) in [5.74, 6) is 0.111. The predicted molar refractivity (Wildman–Crippen MR) is 56.6 cm³/mol. The van der Waals surface area contributed by atoms with Gasteiger partial charge in [-0.05, 0) is 17.7 Å². The van der Waals surface area contributed by atoms with Crippen LogP contribution in [-0.2, 0) is 6.42 Å². The number of nitrogens with zero attached hydrogens (tertiary/aromatic N) is 1. The molecule has 1 aromatic carbocycles. The number of ether oxygens (including phenoxy) is 2. The largest absolute Gasteiger partial charge is 0.493 e. The fraction of sp³-hybridized carbons (Fsp3) is 0.300. The van der Waals surface area contributed by atoms with Gasteiger partial charge in [0.1, 0.15) is 0 Å². The van der Waals surface area contributed by atoms with E-state index in [1.807, 2.05) is 6.07 Å². The van der Waals surface area contributed by atoms with Crippen LogP contribution in [0.2, 0.25) is 0 Å². The van der Waals surface area contributed by atoms with Gasteiger partial charge in [0.2, 0.25) is 0 Å². The summed E-state index contributed by atoms with van der Waals surface area (Å²) in [6, 6.07) is 4.81. The number of hydrogen-bond acceptors (Lipinski definition) is 3. The molecule has 0 radical (unpaired) electrons. The Kier molecular flexibility index (Phi) is 4.50. The lowest BCUT2D eigenvalue weighted by Crippen LogP contribution is -2.04. The van der Waals surface area contributed by atoms with Gasteiger partial charge in [-0.2, -0.15) is 14.0 Å². The highest BCUT2D eigenvalue weighted by molar-refractivity contribution is 9.10. The summed E-state index contributed by atoms with van der Waals surface area (Å²) in [5.41, 5.74) is 0.654. The maximum atomic E-state index is 12.1. The van der Waals surface area contributed by atoms with Crippen molar-refractivity contribution in [3.8, 4) is 17.6 Å². The van der Waals surface area contributed by atoms with E-state index in [2.05, 4.69) is 20.7 Å². The molecule has 0 aliphatic rings. The van der Waals surface area contributed by atoms with Crippen LogP contribution >= 0.6 is 15.9 Å². The summed E-state index contributed by atoms with van der Waals surface area (Å²) in [7, 11) is 1.34. The second-order valence-electron chi connectivity index (χ2n) is 2.81. The van der Waals surface area contributed by atoms with E-state index in [1.165, 1.54) is 19.2 Å². The molecule has 0 saturated carbocycles. The Hall–Kier alpha value is -1.35. The van der Waals surface area contributed by atoms with Crippen LogP contribution in [0.4, 0.5) is 8.78 Å². The summed E-state index contributed by atoms with van der Waals surface area (Å²) >= 11 is 3.17. The summed E-state index contributed by atoms with van der Waals surface area (Å²) in [6.45, 7) is -2.91. The van der Waals surface area contributed by atoms with Crippen LogP contribution in [0.25, 0.3) is 0 Å². The number of hydrogen-bond donors (Lipinski definition) is 0. The molecule has 16 heavy (non-hydrogen) atoms. The number of methoxy groups -OCH3 is 1. The Morgan fingerprint density at radius 2 is 2.12 bits per heavy atom. The Morgan fingerprint density at radius 3 is 2.62 bits per heavy atom. The quantitative estimate of drug-likeness (QED) is 0.856. The molecule has 0 atom stereocenters. The maximum absolute atomic E-state index is 12.1. The van der Waals surface area contributed by atoms with Crippen molar-refractivity contribution in [1.82, 2.24) is 0 Å². The van der Waals surface area contributed by atoms with Gasteiger partial charge in [0.25, 0.3) is 0 Å². The van der Waals surface area contributed by atoms with Crippen molar-refractivity contribution < 1.29 is 18.3 Å². The summed E-state index contributed by atoms with van der Waals surface area (Å²) < 4.78 is 33.9. The first-order chi connectivity index (χ1) is 7.58. The molecule has 0 saturated heterocycles. The highest BCUT2D eigenvalue weighted by atomic mass is 79.9. The molecule has 0 heterocycles. The Balaban J connectivity index is 3.11. The van der Waals surface area contributed by atoms with E-state index in [4.69, 9.17) is 10.00 Å². The van der Waals surface area contributed by atoms with Gasteiger partial charge in [-0.15, -0.1) is 0 Å². The van der Waals surface area contributed by atoms with Gasteiger partial charge in [-0.1, -0.05) is 15.9 Å². The van der Waals surface area contributed by atoms with Crippen LogP contribution in [0.5, 0.6) is 11.5 Å². The molecule has 0 amide bonds. The van der Waals surface area contributed by atoms with Crippen molar-refractivity contribution in [2.75, 3.05) is 7.11 Å². The number of nitriles is 1. The molecule has 6 heteroatoms. The second kappa shape index (κ2) is 5.66. The van der Waals surface area contributed by atoms with Crippen molar-refractivity contribution in [3.05, 3.63) is 22.2 Å². The molecule has 0 aliphatic heterocycles. The summed E-state index contributed by atoms with van der Waals surface area (Å²) in [4.78, 5) is 0. The van der Waals surface area contributed by atoms with Gasteiger partial charge in [-0.25, -0.2) is 0 Å². The first-order valence-electron chi connectivity index (χ1n) is 4.26. The van der Waals surface area contributed by atoms with Crippen LogP contribution in [0.1, 0.15) is 5.56 Å². The second-order valence-corrected chi connectivity index (χ2v) is 3.66. The fourth-order valence-corrected chi connectivity index (χ4v) is 1.61. The zero-order valence-electron chi connectivity index (χ0n) is 8.34. The standard InChI is InChI=1S/C10H8BrF2NO2/c1-15-8-4-6(2-3-14)7(11)5-9(8)16-10(12)13/h4-5,10H,2H2,1H3. The molecule has 1 aromatic rings. The minimum absolute atomic E-state index is 0.0638. The van der Waals surface area contributed by atoms with E-state index < -0.39 is 6.61 Å². The minimum atomic E-state index is -2.91. The van der Waals surface area contributed by atoms with Crippen molar-refractivity contribution in [3.63, 3.8) is 0 Å². The van der Waals surface area contributed by atoms with Gasteiger partial charge in [-0.3, -0.25) is 0 Å². The lowest BCUT2D eigenvalue weighted by molar-refractivity contribution is -0.0512. The smallest absolute Gasteiger partial charge is 0.387 e. The van der Waals surface area contributed by atoms with Gasteiger partial charge < -0.3 is 9.47 Å². The molecule has 0 unspecified atom stereocenters. The lowest BCUT2D eigenvalue weighted by atomic mass is 10.1. The van der Waals surface area contributed by atoms with E-state index in [0.717, 1.165) is 0 Å². The molecule has 0 aliphatic carbocycles. The highest BCUT2D eigenvalue weighted by Crippen LogP contribution is 2.34. The molecule has 0 aromatic heterocycles. The molecule has 0 spiro atoms. The highest BCUT2D eigenvalue weighted by Gasteiger charge is 2.13. The van der Waals surface area contributed by atoms with Crippen LogP contribution < -0.4 is 9.47 Å². The van der Waals surface area contributed by atoms with E-state index in [0.29, 0.717) is 10.0 Å². The van der Waals surface area contributed by atoms with E-state index >= 15 is 0 Å². The van der Waals surface area contributed by atoms with Crippen molar-refractivity contribution in [2.24, 2.45) is 0 Å². The monoisotopic (exact) mass is 291 g/mol. The van der Waals surface area contributed by atoms with E-state index in [1.54, 1.807) is 0 Å². The van der Waals surface area contributed by atoms with Crippen LogP contribution in [0.3, 0.4) is 0 Å². The summed E-state index contributed by atoms with van der Waals surface area (Å²) in [6.07, 6.45) is 0.159. The first kappa shape index (κ1) is 12.7. The van der Waals surface area contributed by atoms with Gasteiger partial charge in [0, 0.05) is 4.47 Å². The molecule has 1 rings (SSSR count). The number of rotatable bonds is 4. The zero-order chi connectivity index (χ0) is 12.1. The average molecular weight is 292 g/mol. The fourth-order valence-electron chi connectivity index (χ4n) is 1.15. The van der Waals surface area contributed by atoms with Crippen molar-refractivity contribution in [2.45, 2.75) is 13.0 Å². The molecular weight excluding hydrogens is 284 g/mol. The van der Waals surface area contributed by atoms with Gasteiger partial charge in [0.15, 0.2) is 11.5 Å². The third-order valence-electron chi connectivity index (χ3n) is 1.82. The van der Waals surface area contributed by atoms with Crippen molar-refractivity contribution in [1.29, 1.82) is 5.26 Å². The Labute approximate surface area is 99.7 Å². The van der Waals surface area contributed by atoms with Gasteiger partial charge in [0.05, 0.1) is 19.6 Å². The number of alkyl halides is 2. The topological polar surface area (TPSA) is 42.2 Å². The lowest BCUT2D eigenvalue weighted by Gasteiger charge is -2.12. The third kappa shape index (κ3) is 3.07. The SMILES string of the molecule is COc1cc(CC#N)c(Br)cc1OC(F)F. The molecular formula is C10H8BrF2NO2. The van der Waals surface area contributed by atoms with Crippen LogP contribution in [-0.4, -0.2) is 13.7 Å². The molecule has 0 N–H and O–H groups in total. The molecule has 86 valence electrons. The molecule has 0 bridgehead atoms. The Bertz CT molecular complexity index is 418. The van der Waals surface area contributed by atoms with Crippen molar-refractivity contribution >= 4 is 15.9 Å². The maximum Gasteiger partial charge on any atom is 0.387 e. The molecule has 0 fully saturated rings. The number of benzene rings is 1. The van der Waals surface area contributed by atoms with Crippen LogP contribution in [0.15, 0.2) is 16.6 Å². The molecule has 3 nitrogen and oxygen atoms in total. The van der Waals surface area contributed by atoms with Crippen LogP contribution in [0, 0.1) is 11.3 Å².